The molecule has 0 radical (unpaired) electrons. The quantitative estimate of drug-likeness (QED) is 0.765. The Bertz CT molecular complexity index is 454. The third-order valence-electron chi connectivity index (χ3n) is 1.50. The monoisotopic (exact) mass is 222 g/mol. The molecular weight excluding hydrogens is 212 g/mol. The second-order valence-electron chi connectivity index (χ2n) is 2.71. The van der Waals surface area contributed by atoms with Crippen molar-refractivity contribution in [2.75, 3.05) is 14.1 Å². The van der Waals surface area contributed by atoms with Crippen molar-refractivity contribution >= 4 is 21.4 Å². The lowest BCUT2D eigenvalue weighted by Crippen LogP contribution is -2.21. The number of nitrogens with one attached hydrogen (secondary N) is 1. The van der Waals surface area contributed by atoms with Gasteiger partial charge in [0.1, 0.15) is 0 Å². The second-order valence-corrected chi connectivity index (χ2v) is 6.04. The summed E-state index contributed by atoms with van der Waals surface area (Å²) >= 11 is 0.709. The average molecular weight is 222 g/mol. The molecule has 1 heterocycles. The summed E-state index contributed by atoms with van der Waals surface area (Å²) in [5.41, 5.74) is 0.392. The van der Waals surface area contributed by atoms with Crippen LogP contribution in [0.4, 0.5) is 0 Å². The van der Waals surface area contributed by atoms with Gasteiger partial charge in [-0.05, 0) is 6.92 Å². The summed E-state index contributed by atoms with van der Waals surface area (Å²) in [7, 11) is -0.607. The minimum atomic E-state index is -3.47. The van der Waals surface area contributed by atoms with E-state index in [0.29, 0.717) is 17.0 Å². The van der Waals surface area contributed by atoms with Gasteiger partial charge in [-0.2, -0.15) is 0 Å². The molecule has 0 unspecified atom stereocenters. The number of H-pyrrole nitrogens is 1. The highest BCUT2D eigenvalue weighted by molar-refractivity contribution is 7.91. The molecule has 0 amide bonds. The van der Waals surface area contributed by atoms with E-state index in [1.807, 2.05) is 0 Å². The Labute approximate surface area is 80.1 Å². The molecule has 1 aromatic rings. The normalized spacial score (nSPS) is 12.3. The summed E-state index contributed by atoms with van der Waals surface area (Å²) in [4.78, 5) is 12.9. The molecule has 0 spiro atoms. The van der Waals surface area contributed by atoms with Gasteiger partial charge in [-0.15, -0.1) is 0 Å². The van der Waals surface area contributed by atoms with Gasteiger partial charge in [0.2, 0.25) is 0 Å². The smallest absolute Gasteiger partial charge is 0.305 e. The number of aromatic nitrogens is 1. The Morgan fingerprint density at radius 1 is 1.38 bits per heavy atom. The largest absolute Gasteiger partial charge is 0.315 e. The first-order chi connectivity index (χ1) is 5.85. The molecule has 0 aromatic carbocycles. The minimum absolute atomic E-state index is 0.0856. The highest BCUT2D eigenvalue weighted by Crippen LogP contribution is 2.18. The Morgan fingerprint density at radius 3 is 2.23 bits per heavy atom. The summed E-state index contributed by atoms with van der Waals surface area (Å²) in [6.07, 6.45) is 0. The Kier molecular flexibility index (Phi) is 2.60. The zero-order chi connectivity index (χ0) is 10.2. The second kappa shape index (κ2) is 3.24. The van der Waals surface area contributed by atoms with Crippen molar-refractivity contribution in [3.63, 3.8) is 0 Å². The molecule has 5 nitrogen and oxygen atoms in total. The van der Waals surface area contributed by atoms with Gasteiger partial charge in [-0.25, -0.2) is 12.7 Å². The van der Waals surface area contributed by atoms with Crippen molar-refractivity contribution in [1.29, 1.82) is 0 Å². The third-order valence-corrected chi connectivity index (χ3v) is 4.89. The van der Waals surface area contributed by atoms with Gasteiger partial charge in [0.15, 0.2) is 4.21 Å². The number of rotatable bonds is 2. The lowest BCUT2D eigenvalue weighted by molar-refractivity contribution is 0.522. The molecule has 0 aliphatic rings. The van der Waals surface area contributed by atoms with Crippen molar-refractivity contribution in [2.45, 2.75) is 11.1 Å². The fourth-order valence-corrected chi connectivity index (χ4v) is 3.24. The van der Waals surface area contributed by atoms with E-state index in [0.717, 1.165) is 4.31 Å². The maximum absolute atomic E-state index is 11.5. The zero-order valence-electron chi connectivity index (χ0n) is 7.49. The Hall–Kier alpha value is -0.660. The first kappa shape index (κ1) is 10.4. The number of aryl methyl sites for hydroxylation is 1. The van der Waals surface area contributed by atoms with Crippen LogP contribution in [-0.4, -0.2) is 31.8 Å². The topological polar surface area (TPSA) is 70.2 Å². The van der Waals surface area contributed by atoms with Crippen LogP contribution in [0.2, 0.25) is 0 Å². The molecule has 0 aliphatic carbocycles. The molecule has 0 saturated carbocycles. The van der Waals surface area contributed by atoms with Crippen LogP contribution in [0, 0.1) is 6.92 Å². The van der Waals surface area contributed by atoms with E-state index in [-0.39, 0.29) is 9.08 Å². The van der Waals surface area contributed by atoms with Gasteiger partial charge in [0.05, 0.1) is 0 Å². The fourth-order valence-electron chi connectivity index (χ4n) is 0.802. The number of hydrogen-bond acceptors (Lipinski definition) is 4. The number of hydrogen-bond donors (Lipinski definition) is 1. The standard InChI is InChI=1S/C6H10N2O3S2/c1-4-5(12-6(9)7-4)13(10,11)8(2)3/h1-3H3,(H,7,9). The van der Waals surface area contributed by atoms with Crippen LogP contribution in [0.3, 0.4) is 0 Å². The van der Waals surface area contributed by atoms with Gasteiger partial charge >= 0.3 is 4.87 Å². The highest BCUT2D eigenvalue weighted by Gasteiger charge is 2.22. The molecule has 1 N–H and O–H groups in total. The molecule has 0 atom stereocenters. The SMILES string of the molecule is Cc1[nH]c(=O)sc1S(=O)(=O)N(C)C. The number of sulfonamides is 1. The van der Waals surface area contributed by atoms with Crippen LogP contribution in [-0.2, 0) is 10.0 Å². The Balaban J connectivity index is 3.39. The van der Waals surface area contributed by atoms with Crippen molar-refractivity contribution in [2.24, 2.45) is 0 Å². The minimum Gasteiger partial charge on any atom is -0.315 e. The van der Waals surface area contributed by atoms with E-state index < -0.39 is 10.0 Å². The summed E-state index contributed by atoms with van der Waals surface area (Å²) in [6.45, 7) is 1.56. The highest BCUT2D eigenvalue weighted by atomic mass is 32.2. The number of nitrogens with zero attached hydrogens (tertiary/aromatic N) is 1. The van der Waals surface area contributed by atoms with Crippen LogP contribution in [0.1, 0.15) is 5.69 Å². The molecule has 0 bridgehead atoms. The molecule has 0 aliphatic heterocycles. The van der Waals surface area contributed by atoms with Crippen molar-refractivity contribution in [1.82, 2.24) is 9.29 Å². The summed E-state index contributed by atoms with van der Waals surface area (Å²) < 4.78 is 24.3. The first-order valence-electron chi connectivity index (χ1n) is 3.48. The molecule has 13 heavy (non-hydrogen) atoms. The van der Waals surface area contributed by atoms with Crippen molar-refractivity contribution < 1.29 is 8.42 Å². The van der Waals surface area contributed by atoms with Gasteiger partial charge in [-0.3, -0.25) is 4.79 Å². The molecule has 1 rings (SSSR count). The van der Waals surface area contributed by atoms with E-state index in [2.05, 4.69) is 4.98 Å². The zero-order valence-corrected chi connectivity index (χ0v) is 9.12. The van der Waals surface area contributed by atoms with Crippen LogP contribution in [0.15, 0.2) is 9.00 Å². The van der Waals surface area contributed by atoms with Crippen LogP contribution in [0.5, 0.6) is 0 Å². The van der Waals surface area contributed by atoms with Crippen LogP contribution >= 0.6 is 11.3 Å². The summed E-state index contributed by atoms with van der Waals surface area (Å²) in [6, 6.07) is 0. The summed E-state index contributed by atoms with van der Waals surface area (Å²) in [5, 5.41) is 0. The molecular formula is C6H10N2O3S2. The van der Waals surface area contributed by atoms with E-state index in [9.17, 15) is 13.2 Å². The predicted molar refractivity (Wildman–Crippen MR) is 50.5 cm³/mol. The molecule has 0 saturated heterocycles. The Morgan fingerprint density at radius 2 is 1.92 bits per heavy atom. The van der Waals surface area contributed by atoms with Gasteiger partial charge < -0.3 is 4.98 Å². The first-order valence-corrected chi connectivity index (χ1v) is 5.73. The van der Waals surface area contributed by atoms with Crippen molar-refractivity contribution in [3.05, 3.63) is 15.4 Å². The molecule has 1 aromatic heterocycles. The van der Waals surface area contributed by atoms with E-state index >= 15 is 0 Å². The lowest BCUT2D eigenvalue weighted by Gasteiger charge is -2.08. The fraction of sp³-hybridized carbons (Fsp3) is 0.500. The van der Waals surface area contributed by atoms with Gasteiger partial charge in [0.25, 0.3) is 10.0 Å². The number of thiazole rings is 1. The van der Waals surface area contributed by atoms with E-state index in [1.165, 1.54) is 14.1 Å². The maximum Gasteiger partial charge on any atom is 0.305 e. The van der Waals surface area contributed by atoms with E-state index in [1.54, 1.807) is 6.92 Å². The number of aromatic amines is 1. The predicted octanol–water partition coefficient (Wildman–Crippen LogP) is -0.00488. The molecule has 0 fully saturated rings. The molecule has 74 valence electrons. The summed E-state index contributed by atoms with van der Waals surface area (Å²) in [5.74, 6) is 0. The average Bonchev–Trinajstić information content (AvgIpc) is 2.30. The lowest BCUT2D eigenvalue weighted by atomic mass is 10.6. The molecule has 7 heteroatoms. The van der Waals surface area contributed by atoms with Crippen LogP contribution in [0.25, 0.3) is 0 Å². The van der Waals surface area contributed by atoms with Crippen LogP contribution < -0.4 is 4.87 Å². The van der Waals surface area contributed by atoms with E-state index in [4.69, 9.17) is 0 Å². The van der Waals surface area contributed by atoms with Gasteiger partial charge in [0, 0.05) is 19.8 Å². The maximum atomic E-state index is 11.5. The van der Waals surface area contributed by atoms with Crippen molar-refractivity contribution in [3.8, 4) is 0 Å². The van der Waals surface area contributed by atoms with Gasteiger partial charge in [-0.1, -0.05) is 11.3 Å². The third kappa shape index (κ3) is 1.82.